The van der Waals surface area contributed by atoms with Crippen LogP contribution in [-0.2, 0) is 0 Å². The average molecular weight is 332 g/mol. The zero-order chi connectivity index (χ0) is 16.8. The molecule has 2 amide bonds. The molecule has 1 saturated heterocycles. The van der Waals surface area contributed by atoms with Gasteiger partial charge in [0.05, 0.1) is 7.11 Å². The first-order chi connectivity index (χ1) is 11.7. The Morgan fingerprint density at radius 2 is 1.62 bits per heavy atom. The van der Waals surface area contributed by atoms with Crippen LogP contribution in [0.2, 0.25) is 0 Å². The number of piperidine rings is 1. The molecule has 1 aliphatic heterocycles. The molecule has 5 heteroatoms. The number of methoxy groups -OCH3 is 1. The number of hydrogen-bond donors (Lipinski definition) is 1. The van der Waals surface area contributed by atoms with Crippen molar-refractivity contribution in [3.05, 3.63) is 24.3 Å². The molecule has 132 valence electrons. The predicted octanol–water partition coefficient (Wildman–Crippen LogP) is 3.58. The van der Waals surface area contributed by atoms with Crippen molar-refractivity contribution in [2.75, 3.05) is 20.2 Å². The highest BCUT2D eigenvalue weighted by molar-refractivity contribution is 5.74. The fraction of sp³-hybridized carbons (Fsp3) is 0.632. The van der Waals surface area contributed by atoms with E-state index in [1.807, 2.05) is 29.2 Å². The van der Waals surface area contributed by atoms with Crippen LogP contribution in [0, 0.1) is 0 Å². The lowest BCUT2D eigenvalue weighted by molar-refractivity contribution is 0.109. The van der Waals surface area contributed by atoms with Gasteiger partial charge in [0.25, 0.3) is 0 Å². The standard InChI is InChI=1S/C19H28N2O3/c1-23-16-7-9-17(10-8-16)24-18-11-13-21(14-12-18)19(22)20-15-5-3-2-4-6-15/h7-10,15,18H,2-6,11-14H2,1H3,(H,20,22). The molecule has 5 nitrogen and oxygen atoms in total. The number of amides is 2. The van der Waals surface area contributed by atoms with E-state index in [1.54, 1.807) is 7.11 Å². The number of nitrogens with one attached hydrogen (secondary N) is 1. The van der Waals surface area contributed by atoms with Crippen LogP contribution in [0.15, 0.2) is 24.3 Å². The van der Waals surface area contributed by atoms with Gasteiger partial charge in [-0.2, -0.15) is 0 Å². The molecule has 1 heterocycles. The molecule has 1 saturated carbocycles. The molecule has 1 aromatic rings. The third kappa shape index (κ3) is 4.56. The van der Waals surface area contributed by atoms with E-state index in [1.165, 1.54) is 19.3 Å². The fourth-order valence-electron chi connectivity index (χ4n) is 3.54. The van der Waals surface area contributed by atoms with E-state index in [-0.39, 0.29) is 12.1 Å². The largest absolute Gasteiger partial charge is 0.497 e. The summed E-state index contributed by atoms with van der Waals surface area (Å²) in [5.74, 6) is 1.69. The van der Waals surface area contributed by atoms with E-state index in [0.717, 1.165) is 50.3 Å². The minimum absolute atomic E-state index is 0.102. The van der Waals surface area contributed by atoms with Crippen LogP contribution in [0.5, 0.6) is 11.5 Å². The topological polar surface area (TPSA) is 50.8 Å². The molecule has 1 N–H and O–H groups in total. The van der Waals surface area contributed by atoms with Gasteiger partial charge < -0.3 is 19.7 Å². The molecule has 0 atom stereocenters. The zero-order valence-corrected chi connectivity index (χ0v) is 14.5. The molecule has 0 aromatic heterocycles. The highest BCUT2D eigenvalue weighted by Gasteiger charge is 2.25. The van der Waals surface area contributed by atoms with Gasteiger partial charge in [-0.25, -0.2) is 4.79 Å². The normalized spacial score (nSPS) is 19.8. The minimum Gasteiger partial charge on any atom is -0.497 e. The Kier molecular flexibility index (Phi) is 5.83. The highest BCUT2D eigenvalue weighted by Crippen LogP contribution is 2.22. The molecule has 0 unspecified atom stereocenters. The first kappa shape index (κ1) is 16.9. The van der Waals surface area contributed by atoms with Crippen molar-refractivity contribution in [3.63, 3.8) is 0 Å². The maximum atomic E-state index is 12.4. The van der Waals surface area contributed by atoms with Gasteiger partial charge >= 0.3 is 6.03 Å². The van der Waals surface area contributed by atoms with E-state index >= 15 is 0 Å². The number of benzene rings is 1. The van der Waals surface area contributed by atoms with E-state index in [9.17, 15) is 4.79 Å². The third-order valence-corrected chi connectivity index (χ3v) is 5.02. The summed E-state index contributed by atoms with van der Waals surface area (Å²) in [5, 5.41) is 3.20. The van der Waals surface area contributed by atoms with Gasteiger partial charge in [-0.1, -0.05) is 19.3 Å². The van der Waals surface area contributed by atoms with Gasteiger partial charge in [0.2, 0.25) is 0 Å². The van der Waals surface area contributed by atoms with E-state index in [2.05, 4.69) is 5.32 Å². The Hall–Kier alpha value is -1.91. The van der Waals surface area contributed by atoms with Gasteiger partial charge in [-0.3, -0.25) is 0 Å². The molecular formula is C19H28N2O3. The zero-order valence-electron chi connectivity index (χ0n) is 14.5. The van der Waals surface area contributed by atoms with Crippen molar-refractivity contribution < 1.29 is 14.3 Å². The van der Waals surface area contributed by atoms with Gasteiger partial charge in [-0.15, -0.1) is 0 Å². The third-order valence-electron chi connectivity index (χ3n) is 5.02. The van der Waals surface area contributed by atoms with Gasteiger partial charge in [0.1, 0.15) is 17.6 Å². The Morgan fingerprint density at radius 3 is 2.25 bits per heavy atom. The highest BCUT2D eigenvalue weighted by atomic mass is 16.5. The molecule has 3 rings (SSSR count). The molecule has 2 aliphatic rings. The van der Waals surface area contributed by atoms with Crippen LogP contribution in [0.25, 0.3) is 0 Å². The van der Waals surface area contributed by atoms with Gasteiger partial charge in [0.15, 0.2) is 0 Å². The fourth-order valence-corrected chi connectivity index (χ4v) is 3.54. The Bertz CT molecular complexity index is 518. The second-order valence-electron chi connectivity index (χ2n) is 6.76. The summed E-state index contributed by atoms with van der Waals surface area (Å²) in [7, 11) is 1.66. The van der Waals surface area contributed by atoms with Crippen molar-refractivity contribution in [2.24, 2.45) is 0 Å². The van der Waals surface area contributed by atoms with Crippen molar-refractivity contribution in [1.29, 1.82) is 0 Å². The smallest absolute Gasteiger partial charge is 0.317 e. The molecule has 0 spiro atoms. The van der Waals surface area contributed by atoms with Gasteiger partial charge in [-0.05, 0) is 37.1 Å². The van der Waals surface area contributed by atoms with Crippen LogP contribution in [-0.4, -0.2) is 43.3 Å². The number of rotatable bonds is 4. The molecule has 1 aliphatic carbocycles. The van der Waals surface area contributed by atoms with Crippen molar-refractivity contribution >= 4 is 6.03 Å². The molecule has 0 bridgehead atoms. The lowest BCUT2D eigenvalue weighted by atomic mass is 9.96. The average Bonchev–Trinajstić information content (AvgIpc) is 2.64. The van der Waals surface area contributed by atoms with Crippen LogP contribution in [0.4, 0.5) is 4.79 Å². The molecular weight excluding hydrogens is 304 g/mol. The second kappa shape index (κ2) is 8.27. The van der Waals surface area contributed by atoms with Crippen molar-refractivity contribution in [3.8, 4) is 11.5 Å². The molecule has 2 fully saturated rings. The Morgan fingerprint density at radius 1 is 1.00 bits per heavy atom. The van der Waals surface area contributed by atoms with Crippen molar-refractivity contribution in [2.45, 2.75) is 57.1 Å². The van der Waals surface area contributed by atoms with E-state index < -0.39 is 0 Å². The summed E-state index contributed by atoms with van der Waals surface area (Å²) in [6.45, 7) is 1.53. The first-order valence-corrected chi connectivity index (χ1v) is 9.11. The summed E-state index contributed by atoms with van der Waals surface area (Å²) in [6, 6.07) is 8.15. The maximum absolute atomic E-state index is 12.4. The maximum Gasteiger partial charge on any atom is 0.317 e. The predicted molar refractivity (Wildman–Crippen MR) is 93.6 cm³/mol. The number of ether oxygens (including phenoxy) is 2. The number of carbonyl (C=O) groups is 1. The van der Waals surface area contributed by atoms with Crippen LogP contribution in [0.3, 0.4) is 0 Å². The Labute approximate surface area is 144 Å². The lowest BCUT2D eigenvalue weighted by Crippen LogP contribution is -2.49. The lowest BCUT2D eigenvalue weighted by Gasteiger charge is -2.34. The summed E-state index contributed by atoms with van der Waals surface area (Å²) < 4.78 is 11.2. The number of urea groups is 1. The number of nitrogens with zero attached hydrogens (tertiary/aromatic N) is 1. The Balaban J connectivity index is 1.42. The monoisotopic (exact) mass is 332 g/mol. The summed E-state index contributed by atoms with van der Waals surface area (Å²) in [5.41, 5.74) is 0. The second-order valence-corrected chi connectivity index (χ2v) is 6.76. The molecule has 0 radical (unpaired) electrons. The van der Waals surface area contributed by atoms with Crippen LogP contribution >= 0.6 is 0 Å². The molecule has 1 aromatic carbocycles. The van der Waals surface area contributed by atoms with Crippen LogP contribution < -0.4 is 14.8 Å². The van der Waals surface area contributed by atoms with Crippen molar-refractivity contribution in [1.82, 2.24) is 10.2 Å². The van der Waals surface area contributed by atoms with E-state index in [0.29, 0.717) is 6.04 Å². The van der Waals surface area contributed by atoms with Gasteiger partial charge in [0, 0.05) is 32.0 Å². The van der Waals surface area contributed by atoms with Crippen LogP contribution in [0.1, 0.15) is 44.9 Å². The quantitative estimate of drug-likeness (QED) is 0.917. The summed E-state index contributed by atoms with van der Waals surface area (Å²) in [4.78, 5) is 14.3. The van der Waals surface area contributed by atoms with E-state index in [4.69, 9.17) is 9.47 Å². The minimum atomic E-state index is 0.102. The number of likely N-dealkylation sites (tertiary alicyclic amines) is 1. The number of carbonyl (C=O) groups excluding carboxylic acids is 1. The number of hydrogen-bond acceptors (Lipinski definition) is 3. The SMILES string of the molecule is COc1ccc(OC2CCN(C(=O)NC3CCCCC3)CC2)cc1. The summed E-state index contributed by atoms with van der Waals surface area (Å²) in [6.07, 6.45) is 7.98. The molecule has 24 heavy (non-hydrogen) atoms. The summed E-state index contributed by atoms with van der Waals surface area (Å²) >= 11 is 0. The first-order valence-electron chi connectivity index (χ1n) is 9.11.